The van der Waals surface area contributed by atoms with Gasteiger partial charge in [-0.25, -0.2) is 4.79 Å². The van der Waals surface area contributed by atoms with Crippen LogP contribution in [0.25, 0.3) is 0 Å². The van der Waals surface area contributed by atoms with Crippen LogP contribution < -0.4 is 16.0 Å². The number of aromatic nitrogens is 1. The summed E-state index contributed by atoms with van der Waals surface area (Å²) in [5.74, 6) is 0.817. The first kappa shape index (κ1) is 24.2. The number of carbonyl (C=O) groups is 1. The molecule has 0 saturated heterocycles. The number of nitrogens with one attached hydrogen (secondary N) is 3. The molecule has 0 radical (unpaired) electrons. The zero-order valence-electron chi connectivity index (χ0n) is 19.3. The van der Waals surface area contributed by atoms with Crippen LogP contribution in [0.2, 0.25) is 0 Å². The van der Waals surface area contributed by atoms with Crippen molar-refractivity contribution in [1.29, 1.82) is 0 Å². The molecule has 2 rings (SSSR count). The monoisotopic (exact) mass is 425 g/mol. The molecular weight excluding hydrogens is 390 g/mol. The van der Waals surface area contributed by atoms with Crippen LogP contribution in [0.3, 0.4) is 0 Å². The lowest BCUT2D eigenvalue weighted by atomic mass is 10.1. The standard InChI is InChI=1S/C24H35N5O2/c1-6-26-22(28-16-13-20-12-14-25-17-18(20)2)27-15-11-19-7-9-21(10-8-19)29-23(30)31-24(3,4)5/h7-10,12,14,17H,6,11,13,15-16H2,1-5H3,(H,29,30)(H2,26,27,28). The van der Waals surface area contributed by atoms with Gasteiger partial charge in [-0.05, 0) is 82.3 Å². The van der Waals surface area contributed by atoms with Crippen molar-refractivity contribution in [3.8, 4) is 0 Å². The molecule has 7 heteroatoms. The highest BCUT2D eigenvalue weighted by atomic mass is 16.6. The summed E-state index contributed by atoms with van der Waals surface area (Å²) in [4.78, 5) is 20.7. The number of benzene rings is 1. The van der Waals surface area contributed by atoms with E-state index in [1.165, 1.54) is 16.7 Å². The summed E-state index contributed by atoms with van der Waals surface area (Å²) in [6, 6.07) is 9.83. The lowest BCUT2D eigenvalue weighted by Gasteiger charge is -2.19. The van der Waals surface area contributed by atoms with E-state index in [-0.39, 0.29) is 0 Å². The molecule has 168 valence electrons. The third-order valence-corrected chi connectivity index (χ3v) is 4.44. The third-order valence-electron chi connectivity index (χ3n) is 4.44. The Morgan fingerprint density at radius 2 is 1.84 bits per heavy atom. The van der Waals surface area contributed by atoms with E-state index in [4.69, 9.17) is 4.74 Å². The number of guanidine groups is 1. The van der Waals surface area contributed by atoms with E-state index in [1.807, 2.05) is 63.5 Å². The van der Waals surface area contributed by atoms with Gasteiger partial charge in [-0.15, -0.1) is 0 Å². The number of hydrogen-bond acceptors (Lipinski definition) is 4. The first-order chi connectivity index (χ1) is 14.8. The second-order valence-electron chi connectivity index (χ2n) is 8.31. The number of aliphatic imine (C=N–C) groups is 1. The Labute approximate surface area is 185 Å². The third kappa shape index (κ3) is 9.51. The molecule has 7 nitrogen and oxygen atoms in total. The summed E-state index contributed by atoms with van der Waals surface area (Å²) in [7, 11) is 0. The van der Waals surface area contributed by atoms with Gasteiger partial charge in [0.25, 0.3) is 0 Å². The van der Waals surface area contributed by atoms with Gasteiger partial charge in [0.1, 0.15) is 5.60 Å². The number of hydrogen-bond donors (Lipinski definition) is 3. The van der Waals surface area contributed by atoms with Crippen molar-refractivity contribution in [2.24, 2.45) is 4.99 Å². The molecule has 1 heterocycles. The van der Waals surface area contributed by atoms with E-state index in [2.05, 4.69) is 39.8 Å². The molecule has 3 N–H and O–H groups in total. The summed E-state index contributed by atoms with van der Waals surface area (Å²) in [6.45, 7) is 11.9. The maximum atomic E-state index is 11.9. The molecule has 0 fully saturated rings. The molecule has 2 aromatic rings. The zero-order valence-corrected chi connectivity index (χ0v) is 19.3. The van der Waals surface area contributed by atoms with Crippen LogP contribution in [-0.4, -0.2) is 42.3 Å². The number of amides is 1. The molecule has 31 heavy (non-hydrogen) atoms. The molecule has 1 aromatic carbocycles. The largest absolute Gasteiger partial charge is 0.444 e. The lowest BCUT2D eigenvalue weighted by Crippen LogP contribution is -2.38. The molecule has 0 aliphatic carbocycles. The Bertz CT molecular complexity index is 857. The quantitative estimate of drug-likeness (QED) is 0.438. The highest BCUT2D eigenvalue weighted by molar-refractivity contribution is 5.84. The molecule has 1 aromatic heterocycles. The van der Waals surface area contributed by atoms with Crippen molar-refractivity contribution < 1.29 is 9.53 Å². The highest BCUT2D eigenvalue weighted by Crippen LogP contribution is 2.13. The Morgan fingerprint density at radius 3 is 2.48 bits per heavy atom. The predicted molar refractivity (Wildman–Crippen MR) is 127 cm³/mol. The summed E-state index contributed by atoms with van der Waals surface area (Å²) < 4.78 is 5.27. The molecular formula is C24H35N5O2. The summed E-state index contributed by atoms with van der Waals surface area (Å²) in [5, 5.41) is 9.41. The summed E-state index contributed by atoms with van der Waals surface area (Å²) >= 11 is 0. The minimum Gasteiger partial charge on any atom is -0.444 e. The normalized spacial score (nSPS) is 11.7. The van der Waals surface area contributed by atoms with Crippen LogP contribution in [-0.2, 0) is 17.6 Å². The van der Waals surface area contributed by atoms with Crippen molar-refractivity contribution in [2.75, 3.05) is 25.0 Å². The Morgan fingerprint density at radius 1 is 1.10 bits per heavy atom. The smallest absolute Gasteiger partial charge is 0.412 e. The van der Waals surface area contributed by atoms with Crippen molar-refractivity contribution >= 4 is 17.7 Å². The first-order valence-corrected chi connectivity index (χ1v) is 10.8. The Kier molecular flexibility index (Phi) is 9.31. The number of aryl methyl sites for hydroxylation is 1. The second-order valence-corrected chi connectivity index (χ2v) is 8.31. The van der Waals surface area contributed by atoms with Gasteiger partial charge >= 0.3 is 6.09 Å². The maximum absolute atomic E-state index is 11.9. The molecule has 0 bridgehead atoms. The summed E-state index contributed by atoms with van der Waals surface area (Å²) in [5.41, 5.74) is 3.84. The SMILES string of the molecule is CCNC(=NCCc1ccncc1C)NCCc1ccc(NC(=O)OC(C)(C)C)cc1. The minimum absolute atomic E-state index is 0.449. The van der Waals surface area contributed by atoms with Gasteiger partial charge in [0.2, 0.25) is 0 Å². The molecule has 0 saturated carbocycles. The van der Waals surface area contributed by atoms with Gasteiger partial charge in [0.05, 0.1) is 0 Å². The van der Waals surface area contributed by atoms with Crippen LogP contribution in [0.1, 0.15) is 44.4 Å². The average Bonchev–Trinajstić information content (AvgIpc) is 2.69. The van der Waals surface area contributed by atoms with Gasteiger partial charge in [0.15, 0.2) is 5.96 Å². The van der Waals surface area contributed by atoms with Gasteiger partial charge in [0, 0.05) is 37.7 Å². The van der Waals surface area contributed by atoms with E-state index >= 15 is 0 Å². The number of nitrogens with zero attached hydrogens (tertiary/aromatic N) is 2. The van der Waals surface area contributed by atoms with E-state index in [9.17, 15) is 4.79 Å². The van der Waals surface area contributed by atoms with Crippen LogP contribution in [0.4, 0.5) is 10.5 Å². The Hall–Kier alpha value is -3.09. The van der Waals surface area contributed by atoms with E-state index in [0.717, 1.165) is 31.9 Å². The van der Waals surface area contributed by atoms with Gasteiger partial charge in [-0.2, -0.15) is 0 Å². The highest BCUT2D eigenvalue weighted by Gasteiger charge is 2.16. The zero-order chi connectivity index (χ0) is 22.7. The van der Waals surface area contributed by atoms with Gasteiger partial charge < -0.3 is 15.4 Å². The van der Waals surface area contributed by atoms with Gasteiger partial charge in [-0.3, -0.25) is 15.3 Å². The lowest BCUT2D eigenvalue weighted by molar-refractivity contribution is 0.0636. The van der Waals surface area contributed by atoms with Crippen LogP contribution >= 0.6 is 0 Å². The number of anilines is 1. The van der Waals surface area contributed by atoms with E-state index in [1.54, 1.807) is 0 Å². The minimum atomic E-state index is -0.515. The van der Waals surface area contributed by atoms with Crippen molar-refractivity contribution in [3.05, 3.63) is 59.4 Å². The first-order valence-electron chi connectivity index (χ1n) is 10.8. The maximum Gasteiger partial charge on any atom is 0.412 e. The topological polar surface area (TPSA) is 87.6 Å². The van der Waals surface area contributed by atoms with E-state index < -0.39 is 11.7 Å². The van der Waals surface area contributed by atoms with E-state index in [0.29, 0.717) is 12.2 Å². The number of rotatable bonds is 8. The fourth-order valence-electron chi connectivity index (χ4n) is 2.91. The van der Waals surface area contributed by atoms with Crippen LogP contribution in [0, 0.1) is 6.92 Å². The van der Waals surface area contributed by atoms with Crippen molar-refractivity contribution in [3.63, 3.8) is 0 Å². The fraction of sp³-hybridized carbons (Fsp3) is 0.458. The molecule has 1 amide bonds. The number of carbonyl (C=O) groups excluding carboxylic acids is 1. The van der Waals surface area contributed by atoms with Gasteiger partial charge in [-0.1, -0.05) is 12.1 Å². The summed E-state index contributed by atoms with van der Waals surface area (Å²) in [6.07, 6.45) is 4.99. The predicted octanol–water partition coefficient (Wildman–Crippen LogP) is 4.08. The second kappa shape index (κ2) is 11.9. The van der Waals surface area contributed by atoms with Crippen molar-refractivity contribution in [1.82, 2.24) is 15.6 Å². The van der Waals surface area contributed by atoms with Crippen LogP contribution in [0.5, 0.6) is 0 Å². The number of pyridine rings is 1. The fourth-order valence-corrected chi connectivity index (χ4v) is 2.91. The molecule has 0 unspecified atom stereocenters. The number of ether oxygens (including phenoxy) is 1. The van der Waals surface area contributed by atoms with Crippen molar-refractivity contribution in [2.45, 2.75) is 53.1 Å². The van der Waals surface area contributed by atoms with Crippen LogP contribution in [0.15, 0.2) is 47.7 Å². The molecule has 0 aliphatic rings. The average molecular weight is 426 g/mol. The molecule has 0 spiro atoms. The molecule has 0 aliphatic heterocycles. The molecule has 0 atom stereocenters. The Balaban J connectivity index is 1.80.